The summed E-state index contributed by atoms with van der Waals surface area (Å²) in [6, 6.07) is 10.2. The van der Waals surface area contributed by atoms with Gasteiger partial charge in [-0.1, -0.05) is 44.2 Å². The molecule has 0 bridgehead atoms. The quantitative estimate of drug-likeness (QED) is 0.806. The lowest BCUT2D eigenvalue weighted by Crippen LogP contribution is -2.36. The molecule has 0 aliphatic heterocycles. The predicted octanol–water partition coefficient (Wildman–Crippen LogP) is 4.63. The summed E-state index contributed by atoms with van der Waals surface area (Å²) in [6.07, 6.45) is 0.992. The molecule has 0 fully saturated rings. The van der Waals surface area contributed by atoms with E-state index in [1.54, 1.807) is 11.3 Å². The van der Waals surface area contributed by atoms with Gasteiger partial charge in [0.25, 0.3) is 5.91 Å². The molecule has 1 aromatic carbocycles. The monoisotopic (exact) mass is 316 g/mol. The number of carbonyl (C=O) groups is 1. The van der Waals surface area contributed by atoms with Crippen LogP contribution in [0.1, 0.15) is 42.7 Å². The molecule has 1 amide bonds. The first-order valence-electron chi connectivity index (χ1n) is 7.70. The summed E-state index contributed by atoms with van der Waals surface area (Å²) in [4.78, 5) is 20.1. The third-order valence-corrected chi connectivity index (χ3v) is 4.79. The fourth-order valence-corrected chi connectivity index (χ4v) is 3.48. The molecule has 0 saturated heterocycles. The van der Waals surface area contributed by atoms with Crippen LogP contribution in [0.15, 0.2) is 30.3 Å². The first-order chi connectivity index (χ1) is 10.4. The maximum absolute atomic E-state index is 12.8. The average molecular weight is 316 g/mol. The molecule has 118 valence electrons. The van der Waals surface area contributed by atoms with Gasteiger partial charge in [0, 0.05) is 13.1 Å². The second-order valence-electron chi connectivity index (χ2n) is 6.17. The minimum absolute atomic E-state index is 0.0105. The smallest absolute Gasteiger partial charge is 0.273 e. The molecule has 0 aliphatic rings. The van der Waals surface area contributed by atoms with Crippen LogP contribution in [0.4, 0.5) is 0 Å². The highest BCUT2D eigenvalue weighted by Crippen LogP contribution is 2.31. The van der Waals surface area contributed by atoms with Gasteiger partial charge in [0.2, 0.25) is 0 Å². The summed E-state index contributed by atoms with van der Waals surface area (Å²) in [5, 5.41) is 0.923. The van der Waals surface area contributed by atoms with Crippen molar-refractivity contribution in [1.29, 1.82) is 0 Å². The van der Waals surface area contributed by atoms with Crippen LogP contribution >= 0.6 is 11.3 Å². The Balaban J connectivity index is 2.31. The van der Waals surface area contributed by atoms with Crippen molar-refractivity contribution in [2.24, 2.45) is 5.92 Å². The van der Waals surface area contributed by atoms with Gasteiger partial charge in [-0.15, -0.1) is 11.3 Å². The molecule has 1 atom stereocenters. The molecule has 0 spiro atoms. The van der Waals surface area contributed by atoms with Crippen molar-refractivity contribution in [2.75, 3.05) is 7.05 Å². The van der Waals surface area contributed by atoms with E-state index < -0.39 is 0 Å². The predicted molar refractivity (Wildman–Crippen MR) is 93.3 cm³/mol. The highest BCUT2D eigenvalue weighted by atomic mass is 32.1. The number of aryl methyl sites for hydroxylation is 1. The van der Waals surface area contributed by atoms with E-state index in [0.29, 0.717) is 11.6 Å². The minimum Gasteiger partial charge on any atom is -0.338 e. The van der Waals surface area contributed by atoms with Crippen LogP contribution in [-0.2, 0) is 0 Å². The van der Waals surface area contributed by atoms with E-state index in [2.05, 4.69) is 25.8 Å². The number of hydrogen-bond acceptors (Lipinski definition) is 3. The Morgan fingerprint density at radius 2 is 1.86 bits per heavy atom. The highest BCUT2D eigenvalue weighted by molar-refractivity contribution is 7.15. The van der Waals surface area contributed by atoms with Crippen molar-refractivity contribution in [1.82, 2.24) is 9.88 Å². The Morgan fingerprint density at radius 1 is 1.23 bits per heavy atom. The molecule has 0 radical (unpaired) electrons. The number of nitrogens with zero attached hydrogens (tertiary/aromatic N) is 2. The summed E-state index contributed by atoms with van der Waals surface area (Å²) >= 11 is 1.58. The third kappa shape index (κ3) is 3.74. The molecule has 1 aromatic heterocycles. The molecule has 22 heavy (non-hydrogen) atoms. The fraction of sp³-hybridized carbons (Fsp3) is 0.444. The Kier molecular flexibility index (Phi) is 5.35. The van der Waals surface area contributed by atoms with Gasteiger partial charge in [0.1, 0.15) is 5.69 Å². The number of thiazole rings is 1. The summed E-state index contributed by atoms with van der Waals surface area (Å²) in [6.45, 7) is 8.40. The molecular formula is C18H24N2OS. The Bertz CT molecular complexity index is 634. The lowest BCUT2D eigenvalue weighted by atomic mass is 10.0. The van der Waals surface area contributed by atoms with E-state index in [9.17, 15) is 4.79 Å². The molecular weight excluding hydrogens is 292 g/mol. The van der Waals surface area contributed by atoms with E-state index in [4.69, 9.17) is 0 Å². The third-order valence-electron chi connectivity index (χ3n) is 3.77. The molecule has 1 unspecified atom stereocenters. The number of carbonyl (C=O) groups excluding carboxylic acids is 1. The zero-order valence-electron chi connectivity index (χ0n) is 14.0. The van der Waals surface area contributed by atoms with Gasteiger partial charge >= 0.3 is 0 Å². The number of benzene rings is 1. The van der Waals surface area contributed by atoms with Crippen molar-refractivity contribution >= 4 is 17.2 Å². The van der Waals surface area contributed by atoms with Crippen LogP contribution in [0.25, 0.3) is 10.4 Å². The molecule has 0 saturated carbocycles. The van der Waals surface area contributed by atoms with Crippen LogP contribution < -0.4 is 0 Å². The summed E-state index contributed by atoms with van der Waals surface area (Å²) in [5.41, 5.74) is 1.63. The van der Waals surface area contributed by atoms with Crippen LogP contribution in [0.5, 0.6) is 0 Å². The summed E-state index contributed by atoms with van der Waals surface area (Å²) in [7, 11) is 1.87. The number of aromatic nitrogens is 1. The molecule has 3 nitrogen and oxygen atoms in total. The minimum atomic E-state index is 0.0105. The van der Waals surface area contributed by atoms with E-state index in [0.717, 1.165) is 21.9 Å². The summed E-state index contributed by atoms with van der Waals surface area (Å²) in [5.74, 6) is 0.576. The zero-order valence-corrected chi connectivity index (χ0v) is 14.8. The Morgan fingerprint density at radius 3 is 2.45 bits per heavy atom. The second kappa shape index (κ2) is 7.05. The van der Waals surface area contributed by atoms with Gasteiger partial charge in [-0.2, -0.15) is 0 Å². The van der Waals surface area contributed by atoms with Gasteiger partial charge in [-0.25, -0.2) is 4.98 Å². The lowest BCUT2D eigenvalue weighted by Gasteiger charge is -2.26. The van der Waals surface area contributed by atoms with Crippen LogP contribution in [0.3, 0.4) is 0 Å². The average Bonchev–Trinajstić information content (AvgIpc) is 2.88. The maximum atomic E-state index is 12.8. The van der Waals surface area contributed by atoms with Gasteiger partial charge in [0.05, 0.1) is 9.88 Å². The standard InChI is InChI=1S/C18H24N2OS/c1-12(2)11-13(3)20(5)18(21)16-17(22-14(4)19-16)15-9-7-6-8-10-15/h6-10,12-13H,11H2,1-5H3. The Labute approximate surface area is 137 Å². The van der Waals surface area contributed by atoms with Gasteiger partial charge in [-0.05, 0) is 31.7 Å². The highest BCUT2D eigenvalue weighted by Gasteiger charge is 2.24. The van der Waals surface area contributed by atoms with Crippen molar-refractivity contribution in [3.8, 4) is 10.4 Å². The maximum Gasteiger partial charge on any atom is 0.273 e. The van der Waals surface area contributed by atoms with Crippen LogP contribution in [0.2, 0.25) is 0 Å². The van der Waals surface area contributed by atoms with Crippen LogP contribution in [-0.4, -0.2) is 28.9 Å². The van der Waals surface area contributed by atoms with Gasteiger partial charge < -0.3 is 4.90 Å². The fourth-order valence-electron chi connectivity index (χ4n) is 2.56. The molecule has 2 aromatic rings. The zero-order chi connectivity index (χ0) is 16.3. The van der Waals surface area contributed by atoms with E-state index >= 15 is 0 Å². The van der Waals surface area contributed by atoms with E-state index in [1.807, 2.05) is 49.2 Å². The first kappa shape index (κ1) is 16.7. The molecule has 2 rings (SSSR count). The lowest BCUT2D eigenvalue weighted by molar-refractivity contribution is 0.0723. The number of hydrogen-bond donors (Lipinski definition) is 0. The van der Waals surface area contributed by atoms with Crippen molar-refractivity contribution in [2.45, 2.75) is 40.2 Å². The molecule has 1 heterocycles. The van der Waals surface area contributed by atoms with Crippen molar-refractivity contribution in [3.05, 3.63) is 41.0 Å². The molecule has 0 aliphatic carbocycles. The van der Waals surface area contributed by atoms with Crippen LogP contribution in [0, 0.1) is 12.8 Å². The normalized spacial score (nSPS) is 12.5. The second-order valence-corrected chi connectivity index (χ2v) is 7.37. The van der Waals surface area contributed by atoms with Gasteiger partial charge in [-0.3, -0.25) is 4.79 Å². The van der Waals surface area contributed by atoms with Crippen molar-refractivity contribution < 1.29 is 4.79 Å². The number of rotatable bonds is 5. The number of amides is 1. The van der Waals surface area contributed by atoms with E-state index in [-0.39, 0.29) is 11.9 Å². The molecule has 0 N–H and O–H groups in total. The van der Waals surface area contributed by atoms with Gasteiger partial charge in [0.15, 0.2) is 0 Å². The largest absolute Gasteiger partial charge is 0.338 e. The topological polar surface area (TPSA) is 33.2 Å². The Hall–Kier alpha value is -1.68. The SMILES string of the molecule is Cc1nc(C(=O)N(C)C(C)CC(C)C)c(-c2ccccc2)s1. The molecule has 4 heteroatoms. The first-order valence-corrected chi connectivity index (χ1v) is 8.51. The van der Waals surface area contributed by atoms with E-state index in [1.165, 1.54) is 0 Å². The van der Waals surface area contributed by atoms with Crippen molar-refractivity contribution in [3.63, 3.8) is 0 Å². The summed E-state index contributed by atoms with van der Waals surface area (Å²) < 4.78 is 0.